The van der Waals surface area contributed by atoms with Gasteiger partial charge in [-0.2, -0.15) is 0 Å². The summed E-state index contributed by atoms with van der Waals surface area (Å²) in [7, 11) is 0. The van der Waals surface area contributed by atoms with Gasteiger partial charge in [0.2, 0.25) is 5.91 Å². The highest BCUT2D eigenvalue weighted by atomic mass is 16.2. The van der Waals surface area contributed by atoms with Crippen LogP contribution in [0.15, 0.2) is 42.5 Å². The van der Waals surface area contributed by atoms with E-state index in [0.29, 0.717) is 11.3 Å². The van der Waals surface area contributed by atoms with Crippen LogP contribution < -0.4 is 10.2 Å². The third kappa shape index (κ3) is 2.90. The molecule has 0 aromatic heterocycles. The monoisotopic (exact) mass is 350 g/mol. The van der Waals surface area contributed by atoms with E-state index in [-0.39, 0.29) is 11.8 Å². The van der Waals surface area contributed by atoms with Crippen LogP contribution >= 0.6 is 0 Å². The van der Waals surface area contributed by atoms with Gasteiger partial charge in [-0.1, -0.05) is 44.2 Å². The molecule has 2 aromatic carbocycles. The lowest BCUT2D eigenvalue weighted by molar-refractivity contribution is -0.122. The molecule has 1 aliphatic heterocycles. The van der Waals surface area contributed by atoms with Gasteiger partial charge in [-0.15, -0.1) is 0 Å². The first-order valence-electron chi connectivity index (χ1n) is 8.67. The standard InChI is InChI=1S/C21H22N2O3/c1-12(2)18(20(25)22-17-13(3)8-7-9-14(17)4)23-16-11-6-5-10-15(16)19(24)21(23)26/h5-12,18H,1-4H3,(H,22,25)/t18-/m1/s1. The van der Waals surface area contributed by atoms with Crippen LogP contribution in [0.4, 0.5) is 11.4 Å². The van der Waals surface area contributed by atoms with Gasteiger partial charge in [0.15, 0.2) is 0 Å². The van der Waals surface area contributed by atoms with Gasteiger partial charge in [-0.05, 0) is 43.0 Å². The molecular formula is C21H22N2O3. The van der Waals surface area contributed by atoms with Gasteiger partial charge in [0.1, 0.15) is 6.04 Å². The molecule has 26 heavy (non-hydrogen) atoms. The van der Waals surface area contributed by atoms with Crippen LogP contribution in [0, 0.1) is 19.8 Å². The van der Waals surface area contributed by atoms with Crippen LogP contribution in [-0.4, -0.2) is 23.6 Å². The third-order valence-corrected chi connectivity index (χ3v) is 4.73. The zero-order valence-electron chi connectivity index (χ0n) is 15.4. The van der Waals surface area contributed by atoms with Gasteiger partial charge < -0.3 is 5.32 Å². The van der Waals surface area contributed by atoms with Crippen LogP contribution in [0.25, 0.3) is 0 Å². The molecule has 1 atom stereocenters. The Bertz CT molecular complexity index is 882. The highest BCUT2D eigenvalue weighted by Gasteiger charge is 2.43. The van der Waals surface area contributed by atoms with E-state index in [9.17, 15) is 14.4 Å². The second kappa shape index (κ2) is 6.75. The van der Waals surface area contributed by atoms with Crippen LogP contribution in [0.1, 0.15) is 35.3 Å². The third-order valence-electron chi connectivity index (χ3n) is 4.73. The lowest BCUT2D eigenvalue weighted by atomic mass is 10.00. The topological polar surface area (TPSA) is 66.5 Å². The van der Waals surface area contributed by atoms with Crippen molar-refractivity contribution >= 4 is 29.0 Å². The summed E-state index contributed by atoms with van der Waals surface area (Å²) in [6.07, 6.45) is 0. The first kappa shape index (κ1) is 17.9. The van der Waals surface area contributed by atoms with Gasteiger partial charge in [-0.3, -0.25) is 19.3 Å². The van der Waals surface area contributed by atoms with Crippen molar-refractivity contribution < 1.29 is 14.4 Å². The summed E-state index contributed by atoms with van der Waals surface area (Å²) in [5.74, 6) is -1.68. The molecule has 1 aliphatic rings. The van der Waals surface area contributed by atoms with E-state index in [1.807, 2.05) is 45.9 Å². The fourth-order valence-electron chi connectivity index (χ4n) is 3.41. The zero-order valence-corrected chi connectivity index (χ0v) is 15.4. The summed E-state index contributed by atoms with van der Waals surface area (Å²) in [4.78, 5) is 39.3. The molecule has 1 heterocycles. The fraction of sp³-hybridized carbons (Fsp3) is 0.286. The van der Waals surface area contributed by atoms with Crippen molar-refractivity contribution in [1.29, 1.82) is 0 Å². The number of carbonyl (C=O) groups is 3. The Morgan fingerprint density at radius 2 is 1.58 bits per heavy atom. The number of para-hydroxylation sites is 2. The molecule has 0 spiro atoms. The average Bonchev–Trinajstić information content (AvgIpc) is 2.84. The largest absolute Gasteiger partial charge is 0.324 e. The predicted molar refractivity (Wildman–Crippen MR) is 101 cm³/mol. The molecule has 0 aliphatic carbocycles. The quantitative estimate of drug-likeness (QED) is 0.858. The number of ketones is 1. The van der Waals surface area contributed by atoms with E-state index in [1.165, 1.54) is 4.90 Å². The van der Waals surface area contributed by atoms with Gasteiger partial charge in [0.05, 0.1) is 11.3 Å². The number of nitrogens with zero attached hydrogens (tertiary/aromatic N) is 1. The normalized spacial score (nSPS) is 14.6. The number of nitrogens with one attached hydrogen (secondary N) is 1. The van der Waals surface area contributed by atoms with Crippen molar-refractivity contribution in [2.24, 2.45) is 5.92 Å². The van der Waals surface area contributed by atoms with Crippen molar-refractivity contribution in [2.75, 3.05) is 10.2 Å². The first-order valence-corrected chi connectivity index (χ1v) is 8.67. The van der Waals surface area contributed by atoms with Crippen molar-refractivity contribution in [1.82, 2.24) is 0 Å². The van der Waals surface area contributed by atoms with Crippen LogP contribution in [0.3, 0.4) is 0 Å². The Kier molecular flexibility index (Phi) is 4.64. The molecule has 0 bridgehead atoms. The number of hydrogen-bond donors (Lipinski definition) is 1. The molecule has 1 N–H and O–H groups in total. The van der Waals surface area contributed by atoms with Gasteiger partial charge in [0, 0.05) is 5.69 Å². The molecule has 2 amide bonds. The lowest BCUT2D eigenvalue weighted by Crippen LogP contribution is -2.50. The van der Waals surface area contributed by atoms with E-state index in [0.717, 1.165) is 16.8 Å². The number of Topliss-reactive ketones (excluding diaryl/α,β-unsaturated/α-hetero) is 1. The van der Waals surface area contributed by atoms with Crippen LogP contribution in [-0.2, 0) is 9.59 Å². The van der Waals surface area contributed by atoms with Crippen LogP contribution in [0.2, 0.25) is 0 Å². The van der Waals surface area contributed by atoms with E-state index in [4.69, 9.17) is 0 Å². The Morgan fingerprint density at radius 3 is 2.19 bits per heavy atom. The number of aryl methyl sites for hydroxylation is 2. The molecule has 0 saturated carbocycles. The minimum absolute atomic E-state index is 0.165. The number of amides is 2. The average molecular weight is 350 g/mol. The number of anilines is 2. The van der Waals surface area contributed by atoms with E-state index < -0.39 is 17.7 Å². The van der Waals surface area contributed by atoms with Gasteiger partial charge in [-0.25, -0.2) is 0 Å². The van der Waals surface area contributed by atoms with Crippen molar-refractivity contribution in [3.05, 3.63) is 59.2 Å². The molecule has 3 rings (SSSR count). The maximum Gasteiger partial charge on any atom is 0.300 e. The molecule has 0 unspecified atom stereocenters. The summed E-state index contributed by atoms with van der Waals surface area (Å²) in [5, 5.41) is 2.96. The lowest BCUT2D eigenvalue weighted by Gasteiger charge is -2.30. The number of carbonyl (C=O) groups excluding carboxylic acids is 3. The van der Waals surface area contributed by atoms with Gasteiger partial charge >= 0.3 is 0 Å². The molecule has 5 heteroatoms. The Labute approximate surface area is 153 Å². The number of hydrogen-bond acceptors (Lipinski definition) is 3. The highest BCUT2D eigenvalue weighted by molar-refractivity contribution is 6.53. The maximum absolute atomic E-state index is 13.1. The van der Waals surface area contributed by atoms with E-state index in [1.54, 1.807) is 24.3 Å². The Morgan fingerprint density at radius 1 is 0.962 bits per heavy atom. The summed E-state index contributed by atoms with van der Waals surface area (Å²) in [6.45, 7) is 7.58. The zero-order chi connectivity index (χ0) is 19.0. The summed E-state index contributed by atoms with van der Waals surface area (Å²) in [5.41, 5.74) is 3.49. The fourth-order valence-corrected chi connectivity index (χ4v) is 3.41. The van der Waals surface area contributed by atoms with Gasteiger partial charge in [0.25, 0.3) is 11.7 Å². The Hall–Kier alpha value is -2.95. The van der Waals surface area contributed by atoms with Crippen molar-refractivity contribution in [2.45, 2.75) is 33.7 Å². The smallest absolute Gasteiger partial charge is 0.300 e. The minimum Gasteiger partial charge on any atom is -0.324 e. The maximum atomic E-state index is 13.1. The molecule has 5 nitrogen and oxygen atoms in total. The van der Waals surface area contributed by atoms with Crippen molar-refractivity contribution in [3.8, 4) is 0 Å². The molecule has 2 aromatic rings. The summed E-state index contributed by atoms with van der Waals surface area (Å²) in [6, 6.07) is 11.8. The molecule has 134 valence electrons. The molecule has 0 fully saturated rings. The number of fused-ring (bicyclic) bond motifs is 1. The Balaban J connectivity index is 1.99. The number of benzene rings is 2. The SMILES string of the molecule is Cc1cccc(C)c1NC(=O)[C@@H](C(C)C)N1C(=O)C(=O)c2ccccc21. The molecule has 0 saturated heterocycles. The van der Waals surface area contributed by atoms with E-state index in [2.05, 4.69) is 5.32 Å². The van der Waals surface area contributed by atoms with Crippen molar-refractivity contribution in [3.63, 3.8) is 0 Å². The molecular weight excluding hydrogens is 328 g/mol. The summed E-state index contributed by atoms with van der Waals surface area (Å²) >= 11 is 0. The first-order chi connectivity index (χ1) is 12.3. The minimum atomic E-state index is -0.769. The van der Waals surface area contributed by atoms with Crippen LogP contribution in [0.5, 0.6) is 0 Å². The second-order valence-corrected chi connectivity index (χ2v) is 6.97. The number of rotatable bonds is 4. The summed E-state index contributed by atoms with van der Waals surface area (Å²) < 4.78 is 0. The predicted octanol–water partition coefficient (Wildman–Crippen LogP) is 3.50. The highest BCUT2D eigenvalue weighted by Crippen LogP contribution is 2.33. The van der Waals surface area contributed by atoms with E-state index >= 15 is 0 Å². The second-order valence-electron chi connectivity index (χ2n) is 6.97. The molecule has 0 radical (unpaired) electrons.